The van der Waals surface area contributed by atoms with E-state index in [1.807, 2.05) is 18.2 Å². The molecule has 0 amide bonds. The fourth-order valence-electron chi connectivity index (χ4n) is 3.77. The molecule has 2 rings (SSSR count). The second-order valence-corrected chi connectivity index (χ2v) is 7.23. The van der Waals surface area contributed by atoms with Gasteiger partial charge in [0.1, 0.15) is 0 Å². The summed E-state index contributed by atoms with van der Waals surface area (Å²) in [4.78, 5) is 2.30. The number of benzene rings is 1. The Hall–Kier alpha value is -0.320. The van der Waals surface area contributed by atoms with Crippen molar-refractivity contribution in [1.29, 1.82) is 0 Å². The van der Waals surface area contributed by atoms with Crippen LogP contribution < -0.4 is 11.3 Å². The standard InChI is InChI=1S/C16H25Cl2N3/c1-11-6-5-9-16(10-11,21(2)3)15(20-19)12-7-4-8-13(17)14(12)18/h4,7-8,11,15,20H,5-6,9-10,19H2,1-3H3. The normalized spacial score (nSPS) is 27.9. The van der Waals surface area contributed by atoms with E-state index in [9.17, 15) is 0 Å². The minimum atomic E-state index is -0.0409. The second kappa shape index (κ2) is 6.84. The highest BCUT2D eigenvalue weighted by Gasteiger charge is 2.44. The smallest absolute Gasteiger partial charge is 0.0658 e. The van der Waals surface area contributed by atoms with Gasteiger partial charge in [-0.2, -0.15) is 0 Å². The van der Waals surface area contributed by atoms with Gasteiger partial charge in [-0.1, -0.05) is 55.1 Å². The van der Waals surface area contributed by atoms with Crippen LogP contribution in [0.1, 0.15) is 44.2 Å². The zero-order chi connectivity index (χ0) is 15.6. The van der Waals surface area contributed by atoms with Gasteiger partial charge in [-0.3, -0.25) is 11.3 Å². The molecular formula is C16H25Cl2N3. The van der Waals surface area contributed by atoms with Crippen LogP contribution >= 0.6 is 23.2 Å². The summed E-state index contributed by atoms with van der Waals surface area (Å²) in [5.41, 5.74) is 3.95. The van der Waals surface area contributed by atoms with Crippen LogP contribution in [0, 0.1) is 5.92 Å². The first kappa shape index (κ1) is 17.0. The van der Waals surface area contributed by atoms with Gasteiger partial charge in [-0.05, 0) is 44.5 Å². The van der Waals surface area contributed by atoms with E-state index in [0.717, 1.165) is 18.4 Å². The summed E-state index contributed by atoms with van der Waals surface area (Å²) >= 11 is 12.6. The zero-order valence-electron chi connectivity index (χ0n) is 13.0. The van der Waals surface area contributed by atoms with Crippen LogP contribution in [-0.4, -0.2) is 24.5 Å². The minimum absolute atomic E-state index is 0.0403. The third-order valence-electron chi connectivity index (χ3n) is 4.90. The number of hydrogen-bond acceptors (Lipinski definition) is 3. The number of rotatable bonds is 4. The van der Waals surface area contributed by atoms with Gasteiger partial charge in [0.25, 0.3) is 0 Å². The first-order valence-corrected chi connectivity index (χ1v) is 8.25. The van der Waals surface area contributed by atoms with E-state index in [1.165, 1.54) is 12.8 Å². The summed E-state index contributed by atoms with van der Waals surface area (Å²) in [5.74, 6) is 6.62. The molecule has 1 aliphatic carbocycles. The van der Waals surface area contributed by atoms with E-state index in [2.05, 4.69) is 31.3 Å². The SMILES string of the molecule is CC1CCCC(C(NN)c2cccc(Cl)c2Cl)(N(C)C)C1. The van der Waals surface area contributed by atoms with Crippen LogP contribution in [-0.2, 0) is 0 Å². The van der Waals surface area contributed by atoms with Crippen molar-refractivity contribution in [2.24, 2.45) is 11.8 Å². The summed E-state index contributed by atoms with van der Waals surface area (Å²) in [5, 5.41) is 1.17. The van der Waals surface area contributed by atoms with Gasteiger partial charge < -0.3 is 4.90 Å². The molecule has 0 aromatic heterocycles. The fourth-order valence-corrected chi connectivity index (χ4v) is 4.19. The van der Waals surface area contributed by atoms with Gasteiger partial charge in [-0.15, -0.1) is 0 Å². The zero-order valence-corrected chi connectivity index (χ0v) is 14.5. The third-order valence-corrected chi connectivity index (χ3v) is 5.73. The predicted molar refractivity (Wildman–Crippen MR) is 90.6 cm³/mol. The molecule has 1 saturated carbocycles. The molecule has 0 radical (unpaired) electrons. The quantitative estimate of drug-likeness (QED) is 0.647. The molecule has 3 atom stereocenters. The molecule has 0 heterocycles. The van der Waals surface area contributed by atoms with E-state index >= 15 is 0 Å². The third kappa shape index (κ3) is 3.22. The molecule has 1 aliphatic rings. The summed E-state index contributed by atoms with van der Waals surface area (Å²) < 4.78 is 0. The van der Waals surface area contributed by atoms with Crippen molar-refractivity contribution in [3.8, 4) is 0 Å². The highest BCUT2D eigenvalue weighted by Crippen LogP contribution is 2.45. The topological polar surface area (TPSA) is 41.3 Å². The summed E-state index contributed by atoms with van der Waals surface area (Å²) in [7, 11) is 4.25. The van der Waals surface area contributed by atoms with Crippen molar-refractivity contribution in [2.75, 3.05) is 14.1 Å². The average molecular weight is 330 g/mol. The number of halogens is 2. The van der Waals surface area contributed by atoms with Crippen LogP contribution in [0.3, 0.4) is 0 Å². The number of nitrogens with one attached hydrogen (secondary N) is 1. The van der Waals surface area contributed by atoms with Crippen molar-refractivity contribution in [1.82, 2.24) is 10.3 Å². The molecular weight excluding hydrogens is 305 g/mol. The molecule has 0 aliphatic heterocycles. The predicted octanol–water partition coefficient (Wildman–Crippen LogP) is 4.01. The maximum absolute atomic E-state index is 6.44. The summed E-state index contributed by atoms with van der Waals surface area (Å²) in [6.07, 6.45) is 4.67. The molecule has 3 nitrogen and oxygen atoms in total. The lowest BCUT2D eigenvalue weighted by Gasteiger charge is -2.50. The molecule has 0 saturated heterocycles. The van der Waals surface area contributed by atoms with E-state index in [4.69, 9.17) is 29.0 Å². The summed E-state index contributed by atoms with van der Waals surface area (Å²) in [6, 6.07) is 5.72. The number of nitrogens with zero attached hydrogens (tertiary/aromatic N) is 1. The maximum atomic E-state index is 6.44. The number of nitrogens with two attached hydrogens (primary N) is 1. The Morgan fingerprint density at radius 3 is 2.67 bits per heavy atom. The van der Waals surface area contributed by atoms with E-state index in [0.29, 0.717) is 16.0 Å². The van der Waals surface area contributed by atoms with Gasteiger partial charge in [0, 0.05) is 5.54 Å². The maximum Gasteiger partial charge on any atom is 0.0658 e. The Labute approximate surface area is 137 Å². The highest BCUT2D eigenvalue weighted by molar-refractivity contribution is 6.42. The van der Waals surface area contributed by atoms with Gasteiger partial charge >= 0.3 is 0 Å². The van der Waals surface area contributed by atoms with Crippen molar-refractivity contribution < 1.29 is 0 Å². The molecule has 0 bridgehead atoms. The molecule has 1 fully saturated rings. The van der Waals surface area contributed by atoms with E-state index < -0.39 is 0 Å². The number of hydrogen-bond donors (Lipinski definition) is 2. The highest BCUT2D eigenvalue weighted by atomic mass is 35.5. The average Bonchev–Trinajstić information content (AvgIpc) is 2.44. The molecule has 3 unspecified atom stereocenters. The second-order valence-electron chi connectivity index (χ2n) is 6.44. The molecule has 3 N–H and O–H groups in total. The first-order chi connectivity index (χ1) is 9.92. The monoisotopic (exact) mass is 329 g/mol. The Balaban J connectivity index is 2.48. The van der Waals surface area contributed by atoms with Crippen molar-refractivity contribution in [3.05, 3.63) is 33.8 Å². The van der Waals surface area contributed by atoms with E-state index in [1.54, 1.807) is 0 Å². The molecule has 21 heavy (non-hydrogen) atoms. The van der Waals surface area contributed by atoms with Gasteiger partial charge in [-0.25, -0.2) is 0 Å². The van der Waals surface area contributed by atoms with Gasteiger partial charge in [0.05, 0.1) is 16.1 Å². The van der Waals surface area contributed by atoms with Crippen molar-refractivity contribution >= 4 is 23.2 Å². The largest absolute Gasteiger partial charge is 0.302 e. The Bertz CT molecular complexity index is 492. The van der Waals surface area contributed by atoms with Crippen LogP contribution in [0.25, 0.3) is 0 Å². The lowest BCUT2D eigenvalue weighted by molar-refractivity contribution is 0.0367. The molecule has 0 spiro atoms. The fraction of sp³-hybridized carbons (Fsp3) is 0.625. The summed E-state index contributed by atoms with van der Waals surface area (Å²) in [6.45, 7) is 2.31. The Morgan fingerprint density at radius 2 is 2.10 bits per heavy atom. The van der Waals surface area contributed by atoms with Crippen molar-refractivity contribution in [2.45, 2.75) is 44.2 Å². The molecule has 1 aromatic carbocycles. The van der Waals surface area contributed by atoms with Gasteiger partial charge in [0.15, 0.2) is 0 Å². The number of likely N-dealkylation sites (N-methyl/N-ethyl adjacent to an activating group) is 1. The molecule has 118 valence electrons. The van der Waals surface area contributed by atoms with Gasteiger partial charge in [0.2, 0.25) is 0 Å². The number of hydrazine groups is 1. The van der Waals surface area contributed by atoms with Crippen LogP contribution in [0.4, 0.5) is 0 Å². The van der Waals surface area contributed by atoms with Crippen molar-refractivity contribution in [3.63, 3.8) is 0 Å². The van der Waals surface area contributed by atoms with E-state index in [-0.39, 0.29) is 11.6 Å². The molecule has 5 heteroatoms. The van der Waals surface area contributed by atoms with Crippen LogP contribution in [0.2, 0.25) is 10.0 Å². The molecule has 1 aromatic rings. The van der Waals surface area contributed by atoms with Crippen LogP contribution in [0.5, 0.6) is 0 Å². The lowest BCUT2D eigenvalue weighted by atomic mass is 9.69. The first-order valence-electron chi connectivity index (χ1n) is 7.50. The lowest BCUT2D eigenvalue weighted by Crippen LogP contribution is -2.57. The minimum Gasteiger partial charge on any atom is -0.302 e. The Kier molecular flexibility index (Phi) is 5.55. The van der Waals surface area contributed by atoms with Crippen LogP contribution in [0.15, 0.2) is 18.2 Å². The Morgan fingerprint density at radius 1 is 1.38 bits per heavy atom.